The SMILES string of the molecule is CCOc1ccc(C(=O)NC(=S)Nc2cc(C)c(O)c(-c3nc4ccccc4o3)c2)cc1. The number of fused-ring (bicyclic) bond motifs is 1. The average molecular weight is 448 g/mol. The monoisotopic (exact) mass is 447 g/mol. The van der Waals surface area contributed by atoms with Crippen molar-refractivity contribution in [2.45, 2.75) is 13.8 Å². The molecule has 1 aromatic heterocycles. The number of aromatic hydroxyl groups is 1. The van der Waals surface area contributed by atoms with Crippen molar-refractivity contribution in [3.8, 4) is 23.0 Å². The van der Waals surface area contributed by atoms with Gasteiger partial charge in [0.1, 0.15) is 17.0 Å². The van der Waals surface area contributed by atoms with Crippen LogP contribution in [0, 0.1) is 6.92 Å². The van der Waals surface area contributed by atoms with Gasteiger partial charge in [0, 0.05) is 11.3 Å². The minimum Gasteiger partial charge on any atom is -0.507 e. The molecule has 0 unspecified atom stereocenters. The van der Waals surface area contributed by atoms with Gasteiger partial charge in [-0.3, -0.25) is 10.1 Å². The van der Waals surface area contributed by atoms with Crippen LogP contribution in [0.2, 0.25) is 0 Å². The van der Waals surface area contributed by atoms with Gasteiger partial charge in [-0.1, -0.05) is 12.1 Å². The topological polar surface area (TPSA) is 96.6 Å². The van der Waals surface area contributed by atoms with Crippen LogP contribution in [-0.4, -0.2) is 27.7 Å². The first-order valence-electron chi connectivity index (χ1n) is 9.99. The molecule has 0 aliphatic rings. The van der Waals surface area contributed by atoms with E-state index in [1.807, 2.05) is 31.2 Å². The Kier molecular flexibility index (Phi) is 6.04. The molecule has 0 bridgehead atoms. The van der Waals surface area contributed by atoms with Crippen molar-refractivity contribution in [3.05, 3.63) is 71.8 Å². The van der Waals surface area contributed by atoms with E-state index in [2.05, 4.69) is 15.6 Å². The molecule has 3 N–H and O–H groups in total. The summed E-state index contributed by atoms with van der Waals surface area (Å²) in [6.45, 7) is 4.21. The summed E-state index contributed by atoms with van der Waals surface area (Å²) < 4.78 is 11.2. The van der Waals surface area contributed by atoms with Gasteiger partial charge in [0.25, 0.3) is 5.91 Å². The molecule has 1 heterocycles. The molecule has 162 valence electrons. The number of anilines is 1. The Morgan fingerprint density at radius 1 is 1.16 bits per heavy atom. The standard InChI is InChI=1S/C24H21N3O4S/c1-3-30-17-10-8-15(9-11-17)22(29)27-24(32)25-16-12-14(2)21(28)18(13-16)23-26-19-6-4-5-7-20(19)31-23/h4-13,28H,3H2,1-2H3,(H2,25,27,29,32). The first-order chi connectivity index (χ1) is 15.4. The number of ether oxygens (including phenoxy) is 1. The Morgan fingerprint density at radius 2 is 1.91 bits per heavy atom. The molecule has 4 aromatic rings. The average Bonchev–Trinajstić information content (AvgIpc) is 3.21. The number of benzene rings is 3. The van der Waals surface area contributed by atoms with Gasteiger partial charge in [0.15, 0.2) is 10.7 Å². The Labute approximate surface area is 190 Å². The molecule has 7 nitrogen and oxygen atoms in total. The Morgan fingerprint density at radius 3 is 2.62 bits per heavy atom. The lowest BCUT2D eigenvalue weighted by Gasteiger charge is -2.13. The molecule has 0 atom stereocenters. The summed E-state index contributed by atoms with van der Waals surface area (Å²) in [4.78, 5) is 16.9. The second-order valence-corrected chi connectivity index (χ2v) is 7.45. The van der Waals surface area contributed by atoms with Crippen LogP contribution >= 0.6 is 12.2 Å². The number of phenolic OH excluding ortho intramolecular Hbond substituents is 1. The van der Waals surface area contributed by atoms with Crippen LogP contribution in [0.4, 0.5) is 5.69 Å². The predicted octanol–water partition coefficient (Wildman–Crippen LogP) is 5.03. The van der Waals surface area contributed by atoms with Crippen LogP contribution in [0.15, 0.2) is 65.1 Å². The zero-order valence-corrected chi connectivity index (χ0v) is 18.3. The van der Waals surface area contributed by atoms with Crippen molar-refractivity contribution in [1.82, 2.24) is 10.3 Å². The zero-order chi connectivity index (χ0) is 22.7. The third-order valence-corrected chi connectivity index (χ3v) is 4.94. The molecular formula is C24H21N3O4S. The highest BCUT2D eigenvalue weighted by molar-refractivity contribution is 7.80. The highest BCUT2D eigenvalue weighted by Gasteiger charge is 2.16. The van der Waals surface area contributed by atoms with Crippen LogP contribution in [-0.2, 0) is 0 Å². The summed E-state index contributed by atoms with van der Waals surface area (Å²) >= 11 is 5.30. The fourth-order valence-electron chi connectivity index (χ4n) is 3.21. The Hall–Kier alpha value is -3.91. The predicted molar refractivity (Wildman–Crippen MR) is 127 cm³/mol. The lowest BCUT2D eigenvalue weighted by Crippen LogP contribution is -2.34. The number of amides is 1. The number of phenols is 1. The van der Waals surface area contributed by atoms with E-state index in [1.54, 1.807) is 43.3 Å². The number of hydrogen-bond acceptors (Lipinski definition) is 6. The minimum atomic E-state index is -0.347. The number of nitrogens with zero attached hydrogens (tertiary/aromatic N) is 1. The summed E-state index contributed by atoms with van der Waals surface area (Å²) in [5.41, 5.74) is 3.37. The molecule has 3 aromatic carbocycles. The lowest BCUT2D eigenvalue weighted by molar-refractivity contribution is 0.0977. The number of nitrogens with one attached hydrogen (secondary N) is 2. The van der Waals surface area contributed by atoms with Crippen molar-refractivity contribution in [1.29, 1.82) is 0 Å². The Balaban J connectivity index is 1.51. The van der Waals surface area contributed by atoms with Crippen LogP contribution in [0.5, 0.6) is 11.5 Å². The number of rotatable bonds is 5. The molecule has 0 radical (unpaired) electrons. The molecule has 8 heteroatoms. The maximum Gasteiger partial charge on any atom is 0.257 e. The number of aromatic nitrogens is 1. The van der Waals surface area contributed by atoms with E-state index in [4.69, 9.17) is 21.4 Å². The van der Waals surface area contributed by atoms with Crippen molar-refractivity contribution in [2.24, 2.45) is 0 Å². The summed E-state index contributed by atoms with van der Waals surface area (Å²) in [5, 5.41) is 16.3. The van der Waals surface area contributed by atoms with E-state index in [0.29, 0.717) is 51.7 Å². The number of carbonyl (C=O) groups excluding carboxylic acids is 1. The van der Waals surface area contributed by atoms with Gasteiger partial charge in [-0.2, -0.15) is 0 Å². The molecule has 0 saturated carbocycles. The van der Waals surface area contributed by atoms with Crippen LogP contribution < -0.4 is 15.4 Å². The molecule has 0 saturated heterocycles. The van der Waals surface area contributed by atoms with Crippen molar-refractivity contribution < 1.29 is 19.1 Å². The van der Waals surface area contributed by atoms with Gasteiger partial charge in [0.05, 0.1) is 12.2 Å². The molecular weight excluding hydrogens is 426 g/mol. The number of aryl methyl sites for hydroxylation is 1. The number of para-hydroxylation sites is 2. The summed E-state index contributed by atoms with van der Waals surface area (Å²) in [5.74, 6) is 0.697. The molecule has 0 aliphatic heterocycles. The lowest BCUT2D eigenvalue weighted by atomic mass is 10.1. The second kappa shape index (κ2) is 9.07. The van der Waals surface area contributed by atoms with Gasteiger partial charge in [-0.15, -0.1) is 0 Å². The summed E-state index contributed by atoms with van der Waals surface area (Å²) in [7, 11) is 0. The summed E-state index contributed by atoms with van der Waals surface area (Å²) in [6.07, 6.45) is 0. The normalized spacial score (nSPS) is 10.7. The van der Waals surface area contributed by atoms with Gasteiger partial charge in [-0.25, -0.2) is 4.98 Å². The first kappa shape index (κ1) is 21.3. The molecule has 1 amide bonds. The van der Waals surface area contributed by atoms with Gasteiger partial charge < -0.3 is 19.6 Å². The molecule has 0 spiro atoms. The number of carbonyl (C=O) groups is 1. The zero-order valence-electron chi connectivity index (χ0n) is 17.5. The van der Waals surface area contributed by atoms with Crippen LogP contribution in [0.1, 0.15) is 22.8 Å². The number of thiocarbonyl (C=S) groups is 1. The first-order valence-corrected chi connectivity index (χ1v) is 10.4. The van der Waals surface area contributed by atoms with Gasteiger partial charge in [0.2, 0.25) is 5.89 Å². The maximum atomic E-state index is 12.5. The highest BCUT2D eigenvalue weighted by Crippen LogP contribution is 2.36. The smallest absolute Gasteiger partial charge is 0.257 e. The fraction of sp³-hybridized carbons (Fsp3) is 0.125. The van der Waals surface area contributed by atoms with E-state index in [0.717, 1.165) is 0 Å². The maximum absolute atomic E-state index is 12.5. The van der Waals surface area contributed by atoms with E-state index in [-0.39, 0.29) is 16.8 Å². The molecule has 0 fully saturated rings. The van der Waals surface area contributed by atoms with E-state index < -0.39 is 0 Å². The number of hydrogen-bond donors (Lipinski definition) is 3. The van der Waals surface area contributed by atoms with Crippen molar-refractivity contribution in [2.75, 3.05) is 11.9 Å². The summed E-state index contributed by atoms with van der Waals surface area (Å²) in [6, 6.07) is 17.5. The largest absolute Gasteiger partial charge is 0.507 e. The van der Waals surface area contributed by atoms with Crippen molar-refractivity contribution >= 4 is 40.0 Å². The molecule has 4 rings (SSSR count). The fourth-order valence-corrected chi connectivity index (χ4v) is 3.42. The molecule has 0 aliphatic carbocycles. The molecule has 32 heavy (non-hydrogen) atoms. The number of oxazole rings is 1. The minimum absolute atomic E-state index is 0.0615. The third kappa shape index (κ3) is 4.55. The van der Waals surface area contributed by atoms with E-state index in [1.165, 1.54) is 0 Å². The van der Waals surface area contributed by atoms with Crippen molar-refractivity contribution in [3.63, 3.8) is 0 Å². The van der Waals surface area contributed by atoms with Crippen LogP contribution in [0.3, 0.4) is 0 Å². The second-order valence-electron chi connectivity index (χ2n) is 7.04. The van der Waals surface area contributed by atoms with Crippen LogP contribution in [0.25, 0.3) is 22.6 Å². The highest BCUT2D eigenvalue weighted by atomic mass is 32.1. The quantitative estimate of drug-likeness (QED) is 0.291. The van der Waals surface area contributed by atoms with E-state index in [9.17, 15) is 9.90 Å². The third-order valence-electron chi connectivity index (χ3n) is 4.74. The van der Waals surface area contributed by atoms with E-state index >= 15 is 0 Å². The Bertz CT molecular complexity index is 1270. The van der Waals surface area contributed by atoms with Gasteiger partial charge in [-0.05, 0) is 80.2 Å². The van der Waals surface area contributed by atoms with Gasteiger partial charge >= 0.3 is 0 Å².